The number of carboxylic acid groups (broad SMARTS) is 1. The van der Waals surface area contributed by atoms with Crippen molar-refractivity contribution < 1.29 is 14.7 Å². The molecule has 120 valence electrons. The topological polar surface area (TPSA) is 79.3 Å². The van der Waals surface area contributed by atoms with Gasteiger partial charge in [-0.1, -0.05) is 43.2 Å². The van der Waals surface area contributed by atoms with Crippen LogP contribution in [-0.2, 0) is 9.59 Å². The minimum atomic E-state index is -0.881. The fourth-order valence-electron chi connectivity index (χ4n) is 3.01. The van der Waals surface area contributed by atoms with E-state index in [1.54, 1.807) is 0 Å². The van der Waals surface area contributed by atoms with E-state index in [9.17, 15) is 14.7 Å². The van der Waals surface area contributed by atoms with Crippen LogP contribution in [0.5, 0.6) is 0 Å². The van der Waals surface area contributed by atoms with Gasteiger partial charge in [0.15, 0.2) is 5.13 Å². The Balaban J connectivity index is 1.70. The maximum Gasteiger partial charge on any atom is 0.307 e. The molecule has 1 aliphatic carbocycles. The van der Waals surface area contributed by atoms with Crippen molar-refractivity contribution in [3.63, 3.8) is 0 Å². The molecule has 0 aliphatic heterocycles. The molecule has 2 aromatic rings. The second kappa shape index (κ2) is 6.91. The van der Waals surface area contributed by atoms with E-state index >= 15 is 0 Å². The molecule has 0 radical (unpaired) electrons. The summed E-state index contributed by atoms with van der Waals surface area (Å²) in [4.78, 5) is 28.2. The SMILES string of the molecule is O=C(O)[C@H]1CCCC[C@@H]1C(=O)Nc1nc(-c2ccccc2)cs1. The summed E-state index contributed by atoms with van der Waals surface area (Å²) < 4.78 is 0. The van der Waals surface area contributed by atoms with E-state index in [4.69, 9.17) is 0 Å². The van der Waals surface area contributed by atoms with Gasteiger partial charge < -0.3 is 10.4 Å². The monoisotopic (exact) mass is 330 g/mol. The summed E-state index contributed by atoms with van der Waals surface area (Å²) in [6.45, 7) is 0. The first kappa shape index (κ1) is 15.7. The molecule has 1 heterocycles. The van der Waals surface area contributed by atoms with Crippen molar-refractivity contribution in [3.8, 4) is 11.3 Å². The zero-order valence-electron chi connectivity index (χ0n) is 12.6. The van der Waals surface area contributed by atoms with Gasteiger partial charge >= 0.3 is 5.97 Å². The minimum absolute atomic E-state index is 0.230. The van der Waals surface area contributed by atoms with Crippen LogP contribution in [0.25, 0.3) is 11.3 Å². The van der Waals surface area contributed by atoms with E-state index in [0.717, 1.165) is 24.1 Å². The highest BCUT2D eigenvalue weighted by Crippen LogP contribution is 2.32. The lowest BCUT2D eigenvalue weighted by Gasteiger charge is -2.26. The second-order valence-corrected chi connectivity index (χ2v) is 6.59. The van der Waals surface area contributed by atoms with Crippen LogP contribution < -0.4 is 5.32 Å². The molecule has 2 atom stereocenters. The molecular weight excluding hydrogens is 312 g/mol. The van der Waals surface area contributed by atoms with E-state index < -0.39 is 17.8 Å². The van der Waals surface area contributed by atoms with Crippen LogP contribution in [0.15, 0.2) is 35.7 Å². The summed E-state index contributed by atoms with van der Waals surface area (Å²) >= 11 is 1.36. The highest BCUT2D eigenvalue weighted by atomic mass is 32.1. The lowest BCUT2D eigenvalue weighted by atomic mass is 9.79. The Labute approximate surface area is 138 Å². The molecule has 1 aromatic carbocycles. The average molecular weight is 330 g/mol. The van der Waals surface area contributed by atoms with Gasteiger partial charge in [-0.25, -0.2) is 4.98 Å². The van der Waals surface area contributed by atoms with Gasteiger partial charge in [-0.3, -0.25) is 9.59 Å². The number of nitrogens with zero attached hydrogens (tertiary/aromatic N) is 1. The number of aliphatic carboxylic acids is 1. The number of anilines is 1. The maximum atomic E-state index is 12.4. The van der Waals surface area contributed by atoms with Gasteiger partial charge in [0.1, 0.15) is 0 Å². The van der Waals surface area contributed by atoms with Crippen LogP contribution in [-0.4, -0.2) is 22.0 Å². The van der Waals surface area contributed by atoms with Crippen molar-refractivity contribution in [2.24, 2.45) is 11.8 Å². The molecule has 3 rings (SSSR count). The van der Waals surface area contributed by atoms with Crippen molar-refractivity contribution in [2.75, 3.05) is 5.32 Å². The largest absolute Gasteiger partial charge is 0.481 e. The summed E-state index contributed by atoms with van der Waals surface area (Å²) in [5.74, 6) is -2.16. The fourth-order valence-corrected chi connectivity index (χ4v) is 3.73. The highest BCUT2D eigenvalue weighted by molar-refractivity contribution is 7.14. The Hall–Kier alpha value is -2.21. The van der Waals surface area contributed by atoms with Crippen LogP contribution >= 0.6 is 11.3 Å². The smallest absolute Gasteiger partial charge is 0.307 e. The van der Waals surface area contributed by atoms with Crippen LogP contribution in [0.2, 0.25) is 0 Å². The Kier molecular flexibility index (Phi) is 4.71. The van der Waals surface area contributed by atoms with Gasteiger partial charge in [-0.05, 0) is 12.8 Å². The first-order chi connectivity index (χ1) is 11.1. The molecular formula is C17H18N2O3S. The molecule has 5 nitrogen and oxygen atoms in total. The third-order valence-corrected chi connectivity index (χ3v) is 4.98. The zero-order valence-corrected chi connectivity index (χ0v) is 13.4. The van der Waals surface area contributed by atoms with Crippen LogP contribution in [0, 0.1) is 11.8 Å². The molecule has 1 saturated carbocycles. The van der Waals surface area contributed by atoms with Crippen molar-refractivity contribution >= 4 is 28.3 Å². The van der Waals surface area contributed by atoms with Crippen LogP contribution in [0.4, 0.5) is 5.13 Å². The van der Waals surface area contributed by atoms with Crippen molar-refractivity contribution in [1.82, 2.24) is 4.98 Å². The quantitative estimate of drug-likeness (QED) is 0.897. The first-order valence-corrected chi connectivity index (χ1v) is 8.58. The van der Waals surface area contributed by atoms with Crippen molar-refractivity contribution in [1.29, 1.82) is 0 Å². The Morgan fingerprint density at radius 2 is 1.83 bits per heavy atom. The van der Waals surface area contributed by atoms with E-state index in [0.29, 0.717) is 18.0 Å². The number of hydrogen-bond acceptors (Lipinski definition) is 4. The van der Waals surface area contributed by atoms with Gasteiger partial charge in [0.05, 0.1) is 17.5 Å². The lowest BCUT2D eigenvalue weighted by molar-refractivity contribution is -0.147. The normalized spacial score (nSPS) is 20.9. The number of carboxylic acids is 1. The number of aromatic nitrogens is 1. The molecule has 0 unspecified atom stereocenters. The van der Waals surface area contributed by atoms with Crippen molar-refractivity contribution in [2.45, 2.75) is 25.7 Å². The number of hydrogen-bond donors (Lipinski definition) is 2. The number of carbonyl (C=O) groups excluding carboxylic acids is 1. The van der Waals surface area contributed by atoms with Gasteiger partial charge in [0, 0.05) is 10.9 Å². The van der Waals surface area contributed by atoms with E-state index in [2.05, 4.69) is 10.3 Å². The number of nitrogens with one attached hydrogen (secondary N) is 1. The van der Waals surface area contributed by atoms with Crippen LogP contribution in [0.1, 0.15) is 25.7 Å². The Morgan fingerprint density at radius 1 is 1.13 bits per heavy atom. The second-order valence-electron chi connectivity index (χ2n) is 5.73. The molecule has 1 aliphatic rings. The summed E-state index contributed by atoms with van der Waals surface area (Å²) in [5, 5.41) is 14.5. The first-order valence-electron chi connectivity index (χ1n) is 7.70. The molecule has 0 saturated heterocycles. The number of benzene rings is 1. The average Bonchev–Trinajstić information content (AvgIpc) is 3.04. The molecule has 1 amide bonds. The number of rotatable bonds is 4. The molecule has 1 fully saturated rings. The molecule has 23 heavy (non-hydrogen) atoms. The van der Waals surface area contributed by atoms with Gasteiger partial charge in [0.25, 0.3) is 0 Å². The standard InChI is InChI=1S/C17H18N2O3S/c20-15(12-8-4-5-9-13(12)16(21)22)19-17-18-14(10-23-17)11-6-2-1-3-7-11/h1-3,6-7,10,12-13H,4-5,8-9H2,(H,21,22)(H,18,19,20)/t12-,13-/m0/s1. The zero-order chi connectivity index (χ0) is 16.2. The highest BCUT2D eigenvalue weighted by Gasteiger charge is 2.35. The summed E-state index contributed by atoms with van der Waals surface area (Å²) in [6.07, 6.45) is 2.96. The third-order valence-electron chi connectivity index (χ3n) is 4.22. The van der Waals surface area contributed by atoms with E-state index in [-0.39, 0.29) is 5.91 Å². The van der Waals surface area contributed by atoms with E-state index in [1.165, 1.54) is 11.3 Å². The molecule has 6 heteroatoms. The number of carbonyl (C=O) groups is 2. The predicted octanol–water partition coefficient (Wildman–Crippen LogP) is 3.64. The Morgan fingerprint density at radius 3 is 2.52 bits per heavy atom. The molecule has 0 spiro atoms. The summed E-state index contributed by atoms with van der Waals surface area (Å²) in [6, 6.07) is 9.73. The van der Waals surface area contributed by atoms with E-state index in [1.807, 2.05) is 35.7 Å². The maximum absolute atomic E-state index is 12.4. The fraction of sp³-hybridized carbons (Fsp3) is 0.353. The van der Waals surface area contributed by atoms with Gasteiger partial charge in [-0.2, -0.15) is 0 Å². The molecule has 0 bridgehead atoms. The van der Waals surface area contributed by atoms with Crippen molar-refractivity contribution in [3.05, 3.63) is 35.7 Å². The molecule has 1 aromatic heterocycles. The van der Waals surface area contributed by atoms with Gasteiger partial charge in [-0.15, -0.1) is 11.3 Å². The van der Waals surface area contributed by atoms with Gasteiger partial charge in [0.2, 0.25) is 5.91 Å². The summed E-state index contributed by atoms with van der Waals surface area (Å²) in [7, 11) is 0. The predicted molar refractivity (Wildman–Crippen MR) is 89.3 cm³/mol. The third kappa shape index (κ3) is 3.59. The van der Waals surface area contributed by atoms with Crippen LogP contribution in [0.3, 0.4) is 0 Å². The summed E-state index contributed by atoms with van der Waals surface area (Å²) in [5.41, 5.74) is 1.80. The Bertz CT molecular complexity index is 699. The number of thiazole rings is 1. The molecule has 2 N–H and O–H groups in total. The minimum Gasteiger partial charge on any atom is -0.481 e. The number of amides is 1. The lowest BCUT2D eigenvalue weighted by Crippen LogP contribution is -2.36.